The number of piperidine rings is 1. The first-order valence-electron chi connectivity index (χ1n) is 6.74. The molecule has 0 spiro atoms. The standard InChI is InChI=1S/C14H19N3O3.ClH/c1-14(6-3-7-15-9-14)10-16-13(18)11-4-2-5-12(8-11)17(19)20;/h2,4-5,8,15H,3,6-7,9-10H2,1H3,(H,16,18);1H. The number of hydrogen-bond donors (Lipinski definition) is 2. The Labute approximate surface area is 129 Å². The van der Waals surface area contributed by atoms with Crippen molar-refractivity contribution in [1.29, 1.82) is 0 Å². The molecule has 1 atom stereocenters. The van der Waals surface area contributed by atoms with Gasteiger partial charge in [0, 0.05) is 30.8 Å². The van der Waals surface area contributed by atoms with Crippen molar-refractivity contribution in [3.8, 4) is 0 Å². The van der Waals surface area contributed by atoms with Crippen LogP contribution in [0.3, 0.4) is 0 Å². The summed E-state index contributed by atoms with van der Waals surface area (Å²) in [5.41, 5.74) is 0.309. The van der Waals surface area contributed by atoms with E-state index in [1.165, 1.54) is 18.2 Å². The van der Waals surface area contributed by atoms with Gasteiger partial charge in [-0.3, -0.25) is 14.9 Å². The van der Waals surface area contributed by atoms with Crippen LogP contribution in [0.15, 0.2) is 24.3 Å². The SMILES string of the molecule is CC1(CNC(=O)c2cccc([N+](=O)[O-])c2)CCCNC1.Cl. The monoisotopic (exact) mass is 313 g/mol. The van der Waals surface area contributed by atoms with E-state index < -0.39 is 4.92 Å². The Kier molecular flexibility index (Phi) is 6.11. The van der Waals surface area contributed by atoms with Gasteiger partial charge in [-0.15, -0.1) is 12.4 Å². The number of carbonyl (C=O) groups is 1. The molecule has 1 aliphatic rings. The summed E-state index contributed by atoms with van der Waals surface area (Å²) in [5.74, 6) is -0.263. The molecule has 0 radical (unpaired) electrons. The predicted molar refractivity (Wildman–Crippen MR) is 82.9 cm³/mol. The Morgan fingerprint density at radius 2 is 2.29 bits per heavy atom. The van der Waals surface area contributed by atoms with Gasteiger partial charge in [-0.2, -0.15) is 0 Å². The second-order valence-electron chi connectivity index (χ2n) is 5.58. The van der Waals surface area contributed by atoms with Gasteiger partial charge in [0.25, 0.3) is 11.6 Å². The van der Waals surface area contributed by atoms with Crippen LogP contribution in [0, 0.1) is 15.5 Å². The summed E-state index contributed by atoms with van der Waals surface area (Å²) < 4.78 is 0. The minimum Gasteiger partial charge on any atom is -0.351 e. The second kappa shape index (κ2) is 7.38. The minimum absolute atomic E-state index is 0. The molecule has 0 aliphatic carbocycles. The van der Waals surface area contributed by atoms with E-state index in [-0.39, 0.29) is 29.4 Å². The molecule has 1 saturated heterocycles. The molecule has 21 heavy (non-hydrogen) atoms. The lowest BCUT2D eigenvalue weighted by molar-refractivity contribution is -0.384. The number of nitro benzene ring substituents is 1. The molecule has 1 aliphatic heterocycles. The Hall–Kier alpha value is -1.66. The third kappa shape index (κ3) is 4.68. The van der Waals surface area contributed by atoms with Crippen molar-refractivity contribution in [2.45, 2.75) is 19.8 Å². The number of non-ortho nitro benzene ring substituents is 1. The Balaban J connectivity index is 0.00000220. The third-order valence-corrected chi connectivity index (χ3v) is 3.68. The number of nitro groups is 1. The molecular formula is C14H20ClN3O3. The van der Waals surface area contributed by atoms with Gasteiger partial charge in [0.2, 0.25) is 0 Å². The molecule has 7 heteroatoms. The predicted octanol–water partition coefficient (Wildman–Crippen LogP) is 2.14. The summed E-state index contributed by atoms with van der Waals surface area (Å²) >= 11 is 0. The summed E-state index contributed by atoms with van der Waals surface area (Å²) in [6.45, 7) is 4.60. The van der Waals surface area contributed by atoms with Crippen molar-refractivity contribution in [2.75, 3.05) is 19.6 Å². The van der Waals surface area contributed by atoms with E-state index in [1.54, 1.807) is 6.07 Å². The molecule has 1 unspecified atom stereocenters. The van der Waals surface area contributed by atoms with Crippen LogP contribution < -0.4 is 10.6 Å². The van der Waals surface area contributed by atoms with Crippen molar-refractivity contribution < 1.29 is 9.72 Å². The van der Waals surface area contributed by atoms with E-state index in [0.29, 0.717) is 12.1 Å². The maximum absolute atomic E-state index is 12.1. The van der Waals surface area contributed by atoms with Gasteiger partial charge in [-0.05, 0) is 30.9 Å². The summed E-state index contributed by atoms with van der Waals surface area (Å²) in [7, 11) is 0. The summed E-state index contributed by atoms with van der Waals surface area (Å²) in [4.78, 5) is 22.3. The molecule has 1 heterocycles. The summed E-state index contributed by atoms with van der Waals surface area (Å²) in [5, 5.41) is 16.9. The Morgan fingerprint density at radius 1 is 1.52 bits per heavy atom. The van der Waals surface area contributed by atoms with Crippen molar-refractivity contribution >= 4 is 24.0 Å². The van der Waals surface area contributed by atoms with Gasteiger partial charge in [0.05, 0.1) is 4.92 Å². The van der Waals surface area contributed by atoms with Crippen LogP contribution >= 0.6 is 12.4 Å². The molecule has 1 aromatic carbocycles. The Bertz CT molecular complexity index is 516. The quantitative estimate of drug-likeness (QED) is 0.659. The van der Waals surface area contributed by atoms with Crippen molar-refractivity contribution in [3.05, 3.63) is 39.9 Å². The number of carbonyl (C=O) groups excluding carboxylic acids is 1. The molecule has 2 rings (SSSR count). The maximum Gasteiger partial charge on any atom is 0.270 e. The van der Waals surface area contributed by atoms with Crippen molar-refractivity contribution in [2.24, 2.45) is 5.41 Å². The van der Waals surface area contributed by atoms with Gasteiger partial charge in [0.1, 0.15) is 0 Å². The normalized spacial score (nSPS) is 21.2. The number of amides is 1. The highest BCUT2D eigenvalue weighted by Crippen LogP contribution is 2.24. The molecule has 0 aromatic heterocycles. The van der Waals surface area contributed by atoms with E-state index in [0.717, 1.165) is 25.9 Å². The van der Waals surface area contributed by atoms with Crippen LogP contribution in [0.5, 0.6) is 0 Å². The smallest absolute Gasteiger partial charge is 0.270 e. The van der Waals surface area contributed by atoms with E-state index in [4.69, 9.17) is 0 Å². The molecule has 2 N–H and O–H groups in total. The van der Waals surface area contributed by atoms with E-state index in [2.05, 4.69) is 17.6 Å². The van der Waals surface area contributed by atoms with Gasteiger partial charge in [0.15, 0.2) is 0 Å². The molecule has 0 saturated carbocycles. The van der Waals surface area contributed by atoms with Crippen LogP contribution in [0.1, 0.15) is 30.1 Å². The second-order valence-corrected chi connectivity index (χ2v) is 5.58. The van der Waals surface area contributed by atoms with E-state index in [9.17, 15) is 14.9 Å². The zero-order valence-electron chi connectivity index (χ0n) is 11.9. The highest BCUT2D eigenvalue weighted by Gasteiger charge is 2.27. The van der Waals surface area contributed by atoms with Gasteiger partial charge in [-0.25, -0.2) is 0 Å². The largest absolute Gasteiger partial charge is 0.351 e. The fraction of sp³-hybridized carbons (Fsp3) is 0.500. The maximum atomic E-state index is 12.1. The highest BCUT2D eigenvalue weighted by atomic mass is 35.5. The topological polar surface area (TPSA) is 84.3 Å². The number of nitrogens with zero attached hydrogens (tertiary/aromatic N) is 1. The Morgan fingerprint density at radius 3 is 2.90 bits per heavy atom. The van der Waals surface area contributed by atoms with Crippen molar-refractivity contribution in [3.63, 3.8) is 0 Å². The van der Waals surface area contributed by atoms with Crippen LogP contribution in [0.2, 0.25) is 0 Å². The van der Waals surface area contributed by atoms with Gasteiger partial charge in [-0.1, -0.05) is 13.0 Å². The van der Waals surface area contributed by atoms with Crippen LogP contribution in [0.25, 0.3) is 0 Å². The van der Waals surface area contributed by atoms with Gasteiger partial charge < -0.3 is 10.6 Å². The summed E-state index contributed by atoms with van der Waals surface area (Å²) in [6.07, 6.45) is 2.17. The zero-order chi connectivity index (χ0) is 14.6. The molecule has 1 fully saturated rings. The average Bonchev–Trinajstić information content (AvgIpc) is 2.46. The number of rotatable bonds is 4. The number of halogens is 1. The average molecular weight is 314 g/mol. The molecule has 116 valence electrons. The third-order valence-electron chi connectivity index (χ3n) is 3.68. The van der Waals surface area contributed by atoms with Crippen LogP contribution in [-0.4, -0.2) is 30.5 Å². The molecular weight excluding hydrogens is 294 g/mol. The first-order valence-corrected chi connectivity index (χ1v) is 6.74. The number of benzene rings is 1. The first-order chi connectivity index (χ1) is 9.50. The molecule has 1 amide bonds. The number of nitrogens with one attached hydrogen (secondary N) is 2. The molecule has 1 aromatic rings. The first kappa shape index (κ1) is 17.4. The zero-order valence-corrected chi connectivity index (χ0v) is 12.7. The van der Waals surface area contributed by atoms with E-state index >= 15 is 0 Å². The van der Waals surface area contributed by atoms with Crippen LogP contribution in [-0.2, 0) is 0 Å². The summed E-state index contributed by atoms with van der Waals surface area (Å²) in [6, 6.07) is 5.79. The molecule has 6 nitrogen and oxygen atoms in total. The van der Waals surface area contributed by atoms with E-state index in [1.807, 2.05) is 0 Å². The fourth-order valence-corrected chi connectivity index (χ4v) is 2.43. The lowest BCUT2D eigenvalue weighted by Crippen LogP contribution is -2.45. The van der Waals surface area contributed by atoms with Crippen molar-refractivity contribution in [1.82, 2.24) is 10.6 Å². The highest BCUT2D eigenvalue weighted by molar-refractivity contribution is 5.94. The molecule has 0 bridgehead atoms. The fourth-order valence-electron chi connectivity index (χ4n) is 2.43. The number of hydrogen-bond acceptors (Lipinski definition) is 4. The minimum atomic E-state index is -0.497. The van der Waals surface area contributed by atoms with Crippen LogP contribution in [0.4, 0.5) is 5.69 Å². The lowest BCUT2D eigenvalue weighted by Gasteiger charge is -2.34. The lowest BCUT2D eigenvalue weighted by atomic mass is 9.83. The van der Waals surface area contributed by atoms with Gasteiger partial charge >= 0.3 is 0 Å².